The van der Waals surface area contributed by atoms with Crippen LogP contribution in [0.5, 0.6) is 0 Å². The van der Waals surface area contributed by atoms with Crippen LogP contribution >= 0.6 is 0 Å². The van der Waals surface area contributed by atoms with Crippen LogP contribution in [0.3, 0.4) is 0 Å². The molecule has 18 heavy (non-hydrogen) atoms. The zero-order valence-electron chi connectivity index (χ0n) is 11.0. The summed E-state index contributed by atoms with van der Waals surface area (Å²) in [5.41, 5.74) is 3.74. The van der Waals surface area contributed by atoms with E-state index in [1.54, 1.807) is 12.5 Å². The van der Waals surface area contributed by atoms with Gasteiger partial charge in [-0.05, 0) is 25.1 Å². The highest BCUT2D eigenvalue weighted by Crippen LogP contribution is 2.12. The van der Waals surface area contributed by atoms with Gasteiger partial charge in [0.25, 0.3) is 0 Å². The molecule has 2 rings (SSSR count). The third kappa shape index (κ3) is 3.64. The molecule has 0 radical (unpaired) electrons. The molecule has 0 amide bonds. The lowest BCUT2D eigenvalue weighted by atomic mass is 10.2. The highest BCUT2D eigenvalue weighted by Gasteiger charge is 2.00. The molecule has 0 aliphatic heterocycles. The van der Waals surface area contributed by atoms with Crippen LogP contribution in [0.4, 0.5) is 5.69 Å². The van der Waals surface area contributed by atoms with E-state index in [0.29, 0.717) is 0 Å². The predicted molar refractivity (Wildman–Crippen MR) is 74.9 cm³/mol. The summed E-state index contributed by atoms with van der Waals surface area (Å²) in [6.07, 6.45) is 3.48. The molecule has 0 aliphatic rings. The minimum Gasteiger partial charge on any atom is -0.472 e. The second kappa shape index (κ2) is 6.26. The van der Waals surface area contributed by atoms with Gasteiger partial charge in [0, 0.05) is 37.9 Å². The maximum Gasteiger partial charge on any atom is 0.0947 e. The molecule has 0 fully saturated rings. The fraction of sp³-hybridized carbons (Fsp3) is 0.333. The molecule has 0 bridgehead atoms. The van der Waals surface area contributed by atoms with Crippen LogP contribution in [-0.2, 0) is 6.54 Å². The van der Waals surface area contributed by atoms with Gasteiger partial charge in [-0.3, -0.25) is 0 Å². The summed E-state index contributed by atoms with van der Waals surface area (Å²) < 4.78 is 5.02. The molecule has 0 atom stereocenters. The van der Waals surface area contributed by atoms with E-state index in [2.05, 4.69) is 48.5 Å². The van der Waals surface area contributed by atoms with Crippen molar-refractivity contribution < 1.29 is 4.42 Å². The van der Waals surface area contributed by atoms with E-state index in [9.17, 15) is 0 Å². The van der Waals surface area contributed by atoms with Gasteiger partial charge in [-0.2, -0.15) is 0 Å². The lowest BCUT2D eigenvalue weighted by molar-refractivity contribution is 0.560. The van der Waals surface area contributed by atoms with Crippen molar-refractivity contribution in [1.29, 1.82) is 0 Å². The Morgan fingerprint density at radius 2 is 1.94 bits per heavy atom. The first-order valence-electron chi connectivity index (χ1n) is 6.25. The first-order valence-corrected chi connectivity index (χ1v) is 6.25. The van der Waals surface area contributed by atoms with Gasteiger partial charge in [-0.1, -0.05) is 17.7 Å². The van der Waals surface area contributed by atoms with Crippen molar-refractivity contribution in [3.05, 3.63) is 54.0 Å². The molecule has 2 aromatic rings. The molecule has 0 aliphatic carbocycles. The molecule has 1 aromatic heterocycles. The van der Waals surface area contributed by atoms with E-state index >= 15 is 0 Å². The van der Waals surface area contributed by atoms with Crippen LogP contribution in [-0.4, -0.2) is 20.1 Å². The molecule has 1 N–H and O–H groups in total. The summed E-state index contributed by atoms with van der Waals surface area (Å²) in [6, 6.07) is 10.6. The number of anilines is 1. The zero-order valence-corrected chi connectivity index (χ0v) is 11.0. The summed E-state index contributed by atoms with van der Waals surface area (Å²) in [7, 11) is 2.12. The van der Waals surface area contributed by atoms with E-state index in [1.807, 2.05) is 6.07 Å². The Kier molecular flexibility index (Phi) is 4.42. The third-order valence-corrected chi connectivity index (χ3v) is 3.01. The average Bonchev–Trinajstić information content (AvgIpc) is 2.88. The number of hydrogen-bond donors (Lipinski definition) is 1. The van der Waals surface area contributed by atoms with Crippen molar-refractivity contribution in [3.8, 4) is 0 Å². The van der Waals surface area contributed by atoms with Crippen molar-refractivity contribution in [2.45, 2.75) is 13.5 Å². The quantitative estimate of drug-likeness (QED) is 0.792. The smallest absolute Gasteiger partial charge is 0.0947 e. The first kappa shape index (κ1) is 12.7. The Morgan fingerprint density at radius 1 is 1.17 bits per heavy atom. The van der Waals surface area contributed by atoms with Crippen LogP contribution < -0.4 is 10.2 Å². The van der Waals surface area contributed by atoms with E-state index in [1.165, 1.54) is 16.8 Å². The maximum atomic E-state index is 5.02. The largest absolute Gasteiger partial charge is 0.472 e. The van der Waals surface area contributed by atoms with Gasteiger partial charge in [0.1, 0.15) is 0 Å². The molecule has 3 nitrogen and oxygen atoms in total. The van der Waals surface area contributed by atoms with Crippen LogP contribution in [0.15, 0.2) is 47.3 Å². The van der Waals surface area contributed by atoms with Crippen LogP contribution in [0, 0.1) is 6.92 Å². The Labute approximate surface area is 108 Å². The minimum atomic E-state index is 0.859. The van der Waals surface area contributed by atoms with Gasteiger partial charge in [-0.25, -0.2) is 0 Å². The monoisotopic (exact) mass is 244 g/mol. The molecule has 0 saturated carbocycles. The fourth-order valence-electron chi connectivity index (χ4n) is 1.80. The van der Waals surface area contributed by atoms with Crippen LogP contribution in [0.25, 0.3) is 0 Å². The molecule has 0 saturated heterocycles. The number of rotatable bonds is 6. The summed E-state index contributed by atoms with van der Waals surface area (Å²) in [5.74, 6) is 0. The van der Waals surface area contributed by atoms with Crippen molar-refractivity contribution in [1.82, 2.24) is 5.32 Å². The topological polar surface area (TPSA) is 28.4 Å². The molecular formula is C15H20N2O. The summed E-state index contributed by atoms with van der Waals surface area (Å²) >= 11 is 0. The van der Waals surface area contributed by atoms with Gasteiger partial charge in [0.05, 0.1) is 12.5 Å². The summed E-state index contributed by atoms with van der Waals surface area (Å²) in [4.78, 5) is 2.25. The zero-order chi connectivity index (χ0) is 12.8. The van der Waals surface area contributed by atoms with Crippen molar-refractivity contribution in [3.63, 3.8) is 0 Å². The Morgan fingerprint density at radius 3 is 2.61 bits per heavy atom. The molecule has 1 heterocycles. The lowest BCUT2D eigenvalue weighted by Crippen LogP contribution is -2.28. The SMILES string of the molecule is Cc1ccc(N(C)CCNCc2ccoc2)cc1. The second-order valence-electron chi connectivity index (χ2n) is 4.57. The van der Waals surface area contributed by atoms with Gasteiger partial charge < -0.3 is 14.6 Å². The van der Waals surface area contributed by atoms with E-state index in [0.717, 1.165) is 19.6 Å². The normalized spacial score (nSPS) is 10.6. The van der Waals surface area contributed by atoms with Crippen molar-refractivity contribution >= 4 is 5.69 Å². The summed E-state index contributed by atoms with van der Waals surface area (Å²) in [5, 5.41) is 3.40. The van der Waals surface area contributed by atoms with Gasteiger partial charge in [0.2, 0.25) is 0 Å². The predicted octanol–water partition coefficient (Wildman–Crippen LogP) is 2.81. The van der Waals surface area contributed by atoms with E-state index < -0.39 is 0 Å². The highest BCUT2D eigenvalue weighted by atomic mass is 16.3. The number of benzene rings is 1. The van der Waals surface area contributed by atoms with Crippen LogP contribution in [0.1, 0.15) is 11.1 Å². The van der Waals surface area contributed by atoms with E-state index in [-0.39, 0.29) is 0 Å². The number of likely N-dealkylation sites (N-methyl/N-ethyl adjacent to an activating group) is 1. The molecule has 3 heteroatoms. The number of nitrogens with zero attached hydrogens (tertiary/aromatic N) is 1. The Bertz CT molecular complexity index is 448. The number of aryl methyl sites for hydroxylation is 1. The maximum absolute atomic E-state index is 5.02. The van der Waals surface area contributed by atoms with Gasteiger partial charge >= 0.3 is 0 Å². The molecule has 0 spiro atoms. The van der Waals surface area contributed by atoms with Gasteiger partial charge in [0.15, 0.2) is 0 Å². The van der Waals surface area contributed by atoms with Crippen molar-refractivity contribution in [2.75, 3.05) is 25.0 Å². The lowest BCUT2D eigenvalue weighted by Gasteiger charge is -2.19. The van der Waals surface area contributed by atoms with Crippen LogP contribution in [0.2, 0.25) is 0 Å². The third-order valence-electron chi connectivity index (χ3n) is 3.01. The summed E-state index contributed by atoms with van der Waals surface area (Å²) in [6.45, 7) is 4.91. The fourth-order valence-corrected chi connectivity index (χ4v) is 1.80. The molecule has 0 unspecified atom stereocenters. The average molecular weight is 244 g/mol. The standard InChI is InChI=1S/C15H20N2O/c1-13-3-5-15(6-4-13)17(2)9-8-16-11-14-7-10-18-12-14/h3-7,10,12,16H,8-9,11H2,1-2H3. The number of hydrogen-bond acceptors (Lipinski definition) is 3. The second-order valence-corrected chi connectivity index (χ2v) is 4.57. The van der Waals surface area contributed by atoms with E-state index in [4.69, 9.17) is 4.42 Å². The number of furan rings is 1. The first-order chi connectivity index (χ1) is 8.75. The minimum absolute atomic E-state index is 0.859. The molecular weight excluding hydrogens is 224 g/mol. The number of nitrogens with one attached hydrogen (secondary N) is 1. The Hall–Kier alpha value is -1.74. The highest BCUT2D eigenvalue weighted by molar-refractivity contribution is 5.46. The van der Waals surface area contributed by atoms with Crippen molar-refractivity contribution in [2.24, 2.45) is 0 Å². The Balaban J connectivity index is 1.71. The molecule has 96 valence electrons. The molecule has 1 aromatic carbocycles. The van der Waals surface area contributed by atoms with Gasteiger partial charge in [-0.15, -0.1) is 0 Å².